The van der Waals surface area contributed by atoms with Crippen molar-refractivity contribution in [1.82, 2.24) is 5.32 Å². The quantitative estimate of drug-likeness (QED) is 0.773. The molecular weight excluding hydrogens is 242 g/mol. The highest BCUT2D eigenvalue weighted by Gasteiger charge is 2.22. The van der Waals surface area contributed by atoms with Crippen molar-refractivity contribution in [2.45, 2.75) is 32.7 Å². The van der Waals surface area contributed by atoms with E-state index in [0.29, 0.717) is 12.0 Å². The molecule has 0 bridgehead atoms. The molecule has 1 aromatic rings. The Morgan fingerprint density at radius 2 is 1.89 bits per heavy atom. The van der Waals surface area contributed by atoms with Crippen LogP contribution in [-0.2, 0) is 9.59 Å². The summed E-state index contributed by atoms with van der Waals surface area (Å²) in [4.78, 5) is 22.9. The van der Waals surface area contributed by atoms with Gasteiger partial charge in [0.05, 0.1) is 0 Å². The number of aryl methyl sites for hydroxylation is 2. The van der Waals surface area contributed by atoms with Crippen LogP contribution in [0.5, 0.6) is 0 Å². The van der Waals surface area contributed by atoms with Gasteiger partial charge in [0.25, 0.3) is 0 Å². The van der Waals surface area contributed by atoms with E-state index >= 15 is 0 Å². The van der Waals surface area contributed by atoms with Crippen molar-refractivity contribution in [3.8, 4) is 0 Å². The van der Waals surface area contributed by atoms with E-state index in [2.05, 4.69) is 11.9 Å². The molecule has 4 nitrogen and oxygen atoms in total. The topological polar surface area (TPSA) is 66.4 Å². The lowest BCUT2D eigenvalue weighted by atomic mass is 10.0. The van der Waals surface area contributed by atoms with Crippen molar-refractivity contribution >= 4 is 11.9 Å². The monoisotopic (exact) mass is 261 g/mol. The number of rotatable bonds is 6. The lowest BCUT2D eigenvalue weighted by molar-refractivity contribution is -0.142. The second-order valence-corrected chi connectivity index (χ2v) is 4.59. The second-order valence-electron chi connectivity index (χ2n) is 4.59. The third-order valence-corrected chi connectivity index (χ3v) is 2.71. The zero-order valence-electron chi connectivity index (χ0n) is 11.3. The first-order valence-corrected chi connectivity index (χ1v) is 6.15. The molecule has 0 heterocycles. The summed E-state index contributed by atoms with van der Waals surface area (Å²) in [6, 6.07) is 4.51. The standard InChI is InChI=1S/C15H19NO3/c1-4-5-6-13(17)16-14(15(18)19)12-8-10(2)7-11(3)9-12/h4,7-9,14H,1,5-6H2,2-3H3,(H,16,17)(H,18,19). The highest BCUT2D eigenvalue weighted by Crippen LogP contribution is 2.17. The van der Waals surface area contributed by atoms with Crippen molar-refractivity contribution in [1.29, 1.82) is 0 Å². The Labute approximate surface area is 113 Å². The molecule has 102 valence electrons. The number of hydrogen-bond acceptors (Lipinski definition) is 2. The molecule has 19 heavy (non-hydrogen) atoms. The number of benzene rings is 1. The number of carboxylic acids is 1. The number of carbonyl (C=O) groups is 2. The Hall–Kier alpha value is -2.10. The minimum Gasteiger partial charge on any atom is -0.479 e. The lowest BCUT2D eigenvalue weighted by Gasteiger charge is -2.16. The Kier molecular flexibility index (Phi) is 5.30. The fourth-order valence-corrected chi connectivity index (χ4v) is 1.93. The van der Waals surface area contributed by atoms with Crippen LogP contribution in [0.15, 0.2) is 30.9 Å². The highest BCUT2D eigenvalue weighted by atomic mass is 16.4. The van der Waals surface area contributed by atoms with E-state index in [0.717, 1.165) is 11.1 Å². The number of carboxylic acid groups (broad SMARTS) is 1. The van der Waals surface area contributed by atoms with Crippen LogP contribution in [0.4, 0.5) is 0 Å². The van der Waals surface area contributed by atoms with E-state index in [4.69, 9.17) is 0 Å². The van der Waals surface area contributed by atoms with E-state index in [9.17, 15) is 14.7 Å². The smallest absolute Gasteiger partial charge is 0.330 e. The summed E-state index contributed by atoms with van der Waals surface area (Å²) in [7, 11) is 0. The number of hydrogen-bond donors (Lipinski definition) is 2. The molecule has 0 fully saturated rings. The van der Waals surface area contributed by atoms with Crippen molar-refractivity contribution in [3.63, 3.8) is 0 Å². The zero-order chi connectivity index (χ0) is 14.4. The fraction of sp³-hybridized carbons (Fsp3) is 0.333. The third kappa shape index (κ3) is 4.58. The molecule has 0 radical (unpaired) electrons. The molecule has 1 atom stereocenters. The molecule has 0 saturated carbocycles. The van der Waals surface area contributed by atoms with Gasteiger partial charge in [-0.15, -0.1) is 6.58 Å². The molecule has 0 aliphatic rings. The van der Waals surface area contributed by atoms with Crippen molar-refractivity contribution < 1.29 is 14.7 Å². The Morgan fingerprint density at radius 1 is 1.32 bits per heavy atom. The van der Waals surface area contributed by atoms with Crippen LogP contribution < -0.4 is 5.32 Å². The first kappa shape index (κ1) is 15.0. The summed E-state index contributed by atoms with van der Waals surface area (Å²) in [6.45, 7) is 7.33. The molecule has 0 aromatic heterocycles. The average molecular weight is 261 g/mol. The van der Waals surface area contributed by atoms with Crippen LogP contribution in [0.25, 0.3) is 0 Å². The number of allylic oxidation sites excluding steroid dienone is 1. The summed E-state index contributed by atoms with van der Waals surface area (Å²) in [5.74, 6) is -1.34. The van der Waals surface area contributed by atoms with Crippen LogP contribution in [0.1, 0.15) is 35.6 Å². The molecule has 1 amide bonds. The summed E-state index contributed by atoms with van der Waals surface area (Å²) >= 11 is 0. The van der Waals surface area contributed by atoms with E-state index in [1.165, 1.54) is 0 Å². The molecule has 4 heteroatoms. The van der Waals surface area contributed by atoms with Crippen LogP contribution in [0.3, 0.4) is 0 Å². The minimum absolute atomic E-state index is 0.248. The van der Waals surface area contributed by atoms with Crippen LogP contribution in [0.2, 0.25) is 0 Å². The Morgan fingerprint density at radius 3 is 2.37 bits per heavy atom. The average Bonchev–Trinajstić information content (AvgIpc) is 2.31. The van der Waals surface area contributed by atoms with Gasteiger partial charge in [-0.05, 0) is 25.8 Å². The maximum Gasteiger partial charge on any atom is 0.330 e. The summed E-state index contributed by atoms with van der Waals surface area (Å²) in [5, 5.41) is 11.8. The van der Waals surface area contributed by atoms with Gasteiger partial charge in [-0.25, -0.2) is 4.79 Å². The number of amides is 1. The zero-order valence-corrected chi connectivity index (χ0v) is 11.3. The van der Waals surface area contributed by atoms with Crippen LogP contribution >= 0.6 is 0 Å². The predicted octanol–water partition coefficient (Wildman–Crippen LogP) is 2.51. The maximum atomic E-state index is 11.6. The minimum atomic E-state index is -1.06. The van der Waals surface area contributed by atoms with E-state index in [-0.39, 0.29) is 12.3 Å². The molecule has 1 aromatic carbocycles. The summed E-state index contributed by atoms with van der Waals surface area (Å²) in [5.41, 5.74) is 2.54. The largest absolute Gasteiger partial charge is 0.479 e. The molecule has 0 spiro atoms. The van der Waals surface area contributed by atoms with E-state index in [1.54, 1.807) is 18.2 Å². The number of carbonyl (C=O) groups excluding carboxylic acids is 1. The molecule has 1 unspecified atom stereocenters. The first-order valence-electron chi connectivity index (χ1n) is 6.15. The van der Waals surface area contributed by atoms with Gasteiger partial charge >= 0.3 is 5.97 Å². The van der Waals surface area contributed by atoms with Gasteiger partial charge in [-0.2, -0.15) is 0 Å². The van der Waals surface area contributed by atoms with Crippen LogP contribution in [0, 0.1) is 13.8 Å². The van der Waals surface area contributed by atoms with Crippen molar-refractivity contribution in [3.05, 3.63) is 47.5 Å². The molecular formula is C15H19NO3. The van der Waals surface area contributed by atoms with Gasteiger partial charge in [-0.1, -0.05) is 35.4 Å². The van der Waals surface area contributed by atoms with Crippen molar-refractivity contribution in [2.24, 2.45) is 0 Å². The predicted molar refractivity (Wildman–Crippen MR) is 73.9 cm³/mol. The SMILES string of the molecule is C=CCCC(=O)NC(C(=O)O)c1cc(C)cc(C)c1. The van der Waals surface area contributed by atoms with Crippen molar-refractivity contribution in [2.75, 3.05) is 0 Å². The third-order valence-electron chi connectivity index (χ3n) is 2.71. The van der Waals surface area contributed by atoms with Gasteiger partial charge < -0.3 is 10.4 Å². The molecule has 0 saturated heterocycles. The van der Waals surface area contributed by atoms with Gasteiger partial charge in [0.15, 0.2) is 6.04 Å². The first-order chi connectivity index (χ1) is 8.93. The summed E-state index contributed by atoms with van der Waals surface area (Å²) in [6.07, 6.45) is 2.41. The summed E-state index contributed by atoms with van der Waals surface area (Å²) < 4.78 is 0. The number of aliphatic carboxylic acids is 1. The van der Waals surface area contributed by atoms with Gasteiger partial charge in [-0.3, -0.25) is 4.79 Å². The van der Waals surface area contributed by atoms with E-state index < -0.39 is 12.0 Å². The van der Waals surface area contributed by atoms with Gasteiger partial charge in [0.2, 0.25) is 5.91 Å². The molecule has 0 aliphatic heterocycles. The second kappa shape index (κ2) is 6.73. The Balaban J connectivity index is 2.91. The van der Waals surface area contributed by atoms with Gasteiger partial charge in [0, 0.05) is 6.42 Å². The maximum absolute atomic E-state index is 11.6. The highest BCUT2D eigenvalue weighted by molar-refractivity contribution is 5.84. The molecule has 0 aliphatic carbocycles. The lowest BCUT2D eigenvalue weighted by Crippen LogP contribution is -2.33. The fourth-order valence-electron chi connectivity index (χ4n) is 1.93. The van der Waals surface area contributed by atoms with Gasteiger partial charge in [0.1, 0.15) is 0 Å². The molecule has 1 rings (SSSR count). The van der Waals surface area contributed by atoms with E-state index in [1.807, 2.05) is 19.9 Å². The number of nitrogens with one attached hydrogen (secondary N) is 1. The Bertz CT molecular complexity index is 474. The normalized spacial score (nSPS) is 11.7. The molecule has 2 N–H and O–H groups in total. The van der Waals surface area contributed by atoms with Crippen LogP contribution in [-0.4, -0.2) is 17.0 Å².